The van der Waals surface area contributed by atoms with E-state index in [2.05, 4.69) is 20.9 Å². The molecule has 0 radical (unpaired) electrons. The Kier molecular flexibility index (Phi) is 7.34. The number of hydrazine groups is 1. The maximum atomic E-state index is 12.3. The monoisotopic (exact) mass is 437 g/mol. The Morgan fingerprint density at radius 3 is 2.63 bits per heavy atom. The highest BCUT2D eigenvalue weighted by molar-refractivity contribution is 7.14. The standard InChI is InChI=1S/C20H21F2N3O4S/c21-20(22)29-14-7-4-6-13(9-14)18(27)23-11-17(26)24-25-19(28)16-10-12-5-2-1-3-8-15(12)30-16/h4,6-7,9-10,20H,1-3,5,8,11H2,(H,23,27)(H,24,26)(H,25,28). The van der Waals surface area contributed by atoms with Crippen molar-refractivity contribution in [3.05, 3.63) is 51.2 Å². The summed E-state index contributed by atoms with van der Waals surface area (Å²) in [6.45, 7) is -3.41. The van der Waals surface area contributed by atoms with E-state index in [4.69, 9.17) is 0 Å². The first-order valence-electron chi connectivity index (χ1n) is 9.46. The van der Waals surface area contributed by atoms with Gasteiger partial charge in [-0.3, -0.25) is 25.2 Å². The molecule has 0 spiro atoms. The van der Waals surface area contributed by atoms with Gasteiger partial charge in [-0.25, -0.2) is 0 Å². The SMILES string of the molecule is O=C(CNC(=O)c1cccc(OC(F)F)c1)NNC(=O)c1cc2c(s1)CCCCC2. The maximum Gasteiger partial charge on any atom is 0.387 e. The van der Waals surface area contributed by atoms with E-state index in [0.717, 1.165) is 31.7 Å². The van der Waals surface area contributed by atoms with Crippen molar-refractivity contribution in [3.63, 3.8) is 0 Å². The minimum atomic E-state index is -3.00. The molecule has 3 amide bonds. The van der Waals surface area contributed by atoms with Crippen LogP contribution in [-0.4, -0.2) is 30.9 Å². The number of fused-ring (bicyclic) bond motifs is 1. The number of rotatable bonds is 6. The second-order valence-corrected chi connectivity index (χ2v) is 7.85. The second-order valence-electron chi connectivity index (χ2n) is 6.71. The predicted octanol–water partition coefficient (Wildman–Crippen LogP) is 2.81. The van der Waals surface area contributed by atoms with Crippen molar-refractivity contribution in [2.75, 3.05) is 6.54 Å². The van der Waals surface area contributed by atoms with E-state index in [9.17, 15) is 23.2 Å². The second kappa shape index (κ2) is 10.1. The van der Waals surface area contributed by atoms with Gasteiger partial charge >= 0.3 is 6.61 Å². The van der Waals surface area contributed by atoms with Gasteiger partial charge in [-0.05, 0) is 55.5 Å². The molecule has 1 aromatic carbocycles. The molecule has 1 aliphatic rings. The zero-order valence-electron chi connectivity index (χ0n) is 16.0. The number of hydrogen-bond acceptors (Lipinski definition) is 5. The smallest absolute Gasteiger partial charge is 0.387 e. The lowest BCUT2D eigenvalue weighted by atomic mass is 10.1. The Morgan fingerprint density at radius 1 is 1.03 bits per heavy atom. The topological polar surface area (TPSA) is 96.5 Å². The van der Waals surface area contributed by atoms with E-state index >= 15 is 0 Å². The summed E-state index contributed by atoms with van der Waals surface area (Å²) in [5, 5.41) is 2.35. The summed E-state index contributed by atoms with van der Waals surface area (Å²) in [6.07, 6.45) is 5.34. The van der Waals surface area contributed by atoms with Gasteiger partial charge in [0.05, 0.1) is 11.4 Å². The molecule has 1 aliphatic carbocycles. The molecule has 1 heterocycles. The molecule has 0 saturated carbocycles. The summed E-state index contributed by atoms with van der Waals surface area (Å²) >= 11 is 1.43. The predicted molar refractivity (Wildman–Crippen MR) is 107 cm³/mol. The molecular weight excluding hydrogens is 416 g/mol. The van der Waals surface area contributed by atoms with Crippen LogP contribution in [-0.2, 0) is 17.6 Å². The van der Waals surface area contributed by atoms with Gasteiger partial charge in [0.1, 0.15) is 5.75 Å². The minimum absolute atomic E-state index is 0.0603. The number of hydrogen-bond donors (Lipinski definition) is 3. The summed E-state index contributed by atoms with van der Waals surface area (Å²) < 4.78 is 28.7. The minimum Gasteiger partial charge on any atom is -0.435 e. The summed E-state index contributed by atoms with van der Waals surface area (Å²) in [4.78, 5) is 38.0. The molecule has 7 nitrogen and oxygen atoms in total. The lowest BCUT2D eigenvalue weighted by Crippen LogP contribution is -2.46. The van der Waals surface area contributed by atoms with Gasteiger partial charge < -0.3 is 10.1 Å². The van der Waals surface area contributed by atoms with Crippen molar-refractivity contribution in [3.8, 4) is 5.75 Å². The van der Waals surface area contributed by atoms with E-state index in [-0.39, 0.29) is 11.3 Å². The lowest BCUT2D eigenvalue weighted by molar-refractivity contribution is -0.120. The number of aryl methyl sites for hydroxylation is 2. The Bertz CT molecular complexity index is 909. The molecule has 3 N–H and O–H groups in total. The number of carbonyl (C=O) groups is 3. The molecule has 0 aliphatic heterocycles. The van der Waals surface area contributed by atoms with Crippen LogP contribution in [0.1, 0.15) is 49.7 Å². The molecule has 2 aromatic rings. The Hall–Kier alpha value is -3.01. The van der Waals surface area contributed by atoms with Crippen molar-refractivity contribution in [2.45, 2.75) is 38.7 Å². The third-order valence-electron chi connectivity index (χ3n) is 4.52. The van der Waals surface area contributed by atoms with Crippen molar-refractivity contribution in [1.29, 1.82) is 0 Å². The van der Waals surface area contributed by atoms with Crippen LogP contribution in [0.2, 0.25) is 0 Å². The van der Waals surface area contributed by atoms with Crippen LogP contribution in [0.5, 0.6) is 5.75 Å². The number of benzene rings is 1. The molecule has 160 valence electrons. The van der Waals surface area contributed by atoms with E-state index < -0.39 is 30.9 Å². The molecule has 30 heavy (non-hydrogen) atoms. The number of nitrogens with one attached hydrogen (secondary N) is 3. The fraction of sp³-hybridized carbons (Fsp3) is 0.350. The quantitative estimate of drug-likeness (QED) is 0.478. The molecule has 1 aromatic heterocycles. The largest absolute Gasteiger partial charge is 0.435 e. The Morgan fingerprint density at radius 2 is 1.83 bits per heavy atom. The van der Waals surface area contributed by atoms with Crippen molar-refractivity contribution >= 4 is 29.1 Å². The molecule has 0 saturated heterocycles. The summed E-state index contributed by atoms with van der Waals surface area (Å²) in [5.41, 5.74) is 5.84. The Balaban J connectivity index is 1.45. The lowest BCUT2D eigenvalue weighted by Gasteiger charge is -2.09. The van der Waals surface area contributed by atoms with Gasteiger partial charge in [0, 0.05) is 10.4 Å². The Labute approximate surface area is 175 Å². The van der Waals surface area contributed by atoms with Crippen LogP contribution in [0.15, 0.2) is 30.3 Å². The number of halogens is 2. The highest BCUT2D eigenvalue weighted by atomic mass is 32.1. The van der Waals surface area contributed by atoms with Crippen LogP contribution in [0.4, 0.5) is 8.78 Å². The van der Waals surface area contributed by atoms with E-state index in [0.29, 0.717) is 4.88 Å². The van der Waals surface area contributed by atoms with Crippen LogP contribution >= 0.6 is 11.3 Å². The van der Waals surface area contributed by atoms with E-state index in [1.807, 2.05) is 6.07 Å². The number of amides is 3. The number of thiophene rings is 1. The third kappa shape index (κ3) is 5.99. The van der Waals surface area contributed by atoms with Gasteiger partial charge in [0.25, 0.3) is 17.7 Å². The van der Waals surface area contributed by atoms with Crippen molar-refractivity contribution in [2.24, 2.45) is 0 Å². The summed E-state index contributed by atoms with van der Waals surface area (Å²) in [7, 11) is 0. The molecule has 0 bridgehead atoms. The fourth-order valence-corrected chi connectivity index (χ4v) is 4.24. The van der Waals surface area contributed by atoms with E-state index in [1.54, 1.807) is 0 Å². The van der Waals surface area contributed by atoms with Crippen LogP contribution in [0, 0.1) is 0 Å². The zero-order chi connectivity index (χ0) is 21.5. The van der Waals surface area contributed by atoms with Gasteiger partial charge in [-0.2, -0.15) is 8.78 Å². The third-order valence-corrected chi connectivity index (χ3v) is 5.75. The summed E-state index contributed by atoms with van der Waals surface area (Å²) in [5.74, 6) is -1.85. The van der Waals surface area contributed by atoms with E-state index in [1.165, 1.54) is 46.4 Å². The van der Waals surface area contributed by atoms with Crippen molar-refractivity contribution in [1.82, 2.24) is 16.2 Å². The first-order valence-corrected chi connectivity index (χ1v) is 10.3. The fourth-order valence-electron chi connectivity index (χ4n) is 3.09. The maximum absolute atomic E-state index is 12.3. The van der Waals surface area contributed by atoms with Crippen LogP contribution in [0.25, 0.3) is 0 Å². The van der Waals surface area contributed by atoms with Gasteiger partial charge in [-0.1, -0.05) is 12.5 Å². The normalized spacial score (nSPS) is 13.2. The highest BCUT2D eigenvalue weighted by Gasteiger charge is 2.17. The average Bonchev–Trinajstić information content (AvgIpc) is 3.00. The highest BCUT2D eigenvalue weighted by Crippen LogP contribution is 2.28. The molecule has 0 fully saturated rings. The van der Waals surface area contributed by atoms with Crippen LogP contribution < -0.4 is 20.9 Å². The first-order chi connectivity index (χ1) is 14.4. The molecule has 10 heteroatoms. The van der Waals surface area contributed by atoms with Gasteiger partial charge in [0.15, 0.2) is 0 Å². The summed E-state index contributed by atoms with van der Waals surface area (Å²) in [6, 6.07) is 7.07. The molecule has 0 atom stereocenters. The zero-order valence-corrected chi connectivity index (χ0v) is 16.8. The number of carbonyl (C=O) groups excluding carboxylic acids is 3. The molecular formula is C20H21F2N3O4S. The number of ether oxygens (including phenoxy) is 1. The van der Waals surface area contributed by atoms with Gasteiger partial charge in [0.2, 0.25) is 0 Å². The number of alkyl halides is 2. The first kappa shape index (κ1) is 21.7. The van der Waals surface area contributed by atoms with Gasteiger partial charge in [-0.15, -0.1) is 11.3 Å². The van der Waals surface area contributed by atoms with Crippen LogP contribution in [0.3, 0.4) is 0 Å². The molecule has 0 unspecified atom stereocenters. The van der Waals surface area contributed by atoms with Crippen molar-refractivity contribution < 1.29 is 27.9 Å². The molecule has 3 rings (SSSR count). The average molecular weight is 437 g/mol.